The van der Waals surface area contributed by atoms with Gasteiger partial charge in [-0.15, -0.1) is 0 Å². The molecule has 0 aliphatic carbocycles. The summed E-state index contributed by atoms with van der Waals surface area (Å²) in [6, 6.07) is 20.5. The molecule has 0 saturated carbocycles. The van der Waals surface area contributed by atoms with E-state index in [9.17, 15) is 18.8 Å². The highest BCUT2D eigenvalue weighted by Crippen LogP contribution is 2.26. The van der Waals surface area contributed by atoms with E-state index in [2.05, 4.69) is 9.98 Å². The minimum absolute atomic E-state index is 0.197. The van der Waals surface area contributed by atoms with Crippen molar-refractivity contribution < 1.29 is 23.5 Å². The van der Waals surface area contributed by atoms with E-state index in [1.165, 1.54) is 38.4 Å². The van der Waals surface area contributed by atoms with E-state index in [0.717, 1.165) is 37.6 Å². The Bertz CT molecular complexity index is 1540. The molecule has 0 unspecified atom stereocenters. The highest BCUT2D eigenvalue weighted by atomic mass is 19.1. The van der Waals surface area contributed by atoms with Crippen molar-refractivity contribution >= 4 is 34.5 Å². The largest absolute Gasteiger partial charge is 0.489 e. The van der Waals surface area contributed by atoms with Gasteiger partial charge in [-0.05, 0) is 53.4 Å². The Morgan fingerprint density at radius 2 is 1.64 bits per heavy atom. The lowest BCUT2D eigenvalue weighted by Crippen LogP contribution is -2.59. The summed E-state index contributed by atoms with van der Waals surface area (Å²) in [5.74, 6) is -2.36. The van der Waals surface area contributed by atoms with Gasteiger partial charge in [-0.3, -0.25) is 24.4 Å². The van der Waals surface area contributed by atoms with Crippen LogP contribution in [0.25, 0.3) is 10.9 Å². The zero-order chi connectivity index (χ0) is 27.5. The molecule has 0 atom stereocenters. The molecule has 0 bridgehead atoms. The summed E-state index contributed by atoms with van der Waals surface area (Å²) < 4.78 is 19.6. The van der Waals surface area contributed by atoms with Gasteiger partial charge in [-0.2, -0.15) is 0 Å². The smallest absolute Gasteiger partial charge is 0.332 e. The summed E-state index contributed by atoms with van der Waals surface area (Å²) in [6.07, 6.45) is 2.41. The Morgan fingerprint density at radius 1 is 0.949 bits per heavy atom. The van der Waals surface area contributed by atoms with Crippen LogP contribution in [0.4, 0.5) is 9.18 Å². The molecule has 198 valence electrons. The normalized spacial score (nSPS) is 14.9. The van der Waals surface area contributed by atoms with Gasteiger partial charge in [0.25, 0.3) is 0 Å². The van der Waals surface area contributed by atoms with Crippen LogP contribution in [-0.2, 0) is 22.6 Å². The minimum Gasteiger partial charge on any atom is -0.489 e. The number of amides is 4. The third kappa shape index (κ3) is 5.29. The summed E-state index contributed by atoms with van der Waals surface area (Å²) in [6.45, 7) is 0.708. The quantitative estimate of drug-likeness (QED) is 0.269. The number of rotatable bonds is 8. The van der Waals surface area contributed by atoms with Crippen molar-refractivity contribution in [2.24, 2.45) is 10.9 Å². The van der Waals surface area contributed by atoms with Crippen LogP contribution in [0.15, 0.2) is 84.0 Å². The molecule has 0 radical (unpaired) electrons. The Hall–Kier alpha value is -4.79. The van der Waals surface area contributed by atoms with Gasteiger partial charge in [-0.1, -0.05) is 42.5 Å². The lowest BCUT2D eigenvalue weighted by Gasteiger charge is -2.33. The number of hydrogen-bond acceptors (Lipinski definition) is 5. The average molecular weight is 527 g/mol. The molecule has 1 aromatic heterocycles. The van der Waals surface area contributed by atoms with Gasteiger partial charge in [-0.25, -0.2) is 9.18 Å². The van der Waals surface area contributed by atoms with E-state index in [1.54, 1.807) is 0 Å². The number of halogens is 1. The second kappa shape index (κ2) is 10.9. The molecular formula is C30H27FN4O4. The molecule has 1 aliphatic heterocycles. The Balaban J connectivity index is 1.40. The summed E-state index contributed by atoms with van der Waals surface area (Å²) in [4.78, 5) is 48.0. The first-order chi connectivity index (χ1) is 18.8. The number of ether oxygens (including phenoxy) is 1. The minimum atomic E-state index is -1.30. The van der Waals surface area contributed by atoms with Crippen LogP contribution in [-0.4, -0.2) is 59.0 Å². The molecule has 1 aliphatic rings. The predicted octanol–water partition coefficient (Wildman–Crippen LogP) is 4.58. The summed E-state index contributed by atoms with van der Waals surface area (Å²) in [7, 11) is 2.65. The monoisotopic (exact) mass is 526 g/mol. The number of aromatic amines is 1. The maximum absolute atomic E-state index is 13.6. The number of carbonyl (C=O) groups excluding carboxylic acids is 3. The van der Waals surface area contributed by atoms with Gasteiger partial charge >= 0.3 is 6.03 Å². The van der Waals surface area contributed by atoms with E-state index >= 15 is 0 Å². The van der Waals surface area contributed by atoms with E-state index in [0.29, 0.717) is 18.6 Å². The number of H-pyrrole nitrogens is 1. The standard InChI is InChI=1S/C30H27FN4O4/c1-34-28(36)26(29(37)35(2)30(34)38)27(20-8-10-22(31)11-9-20)32-15-14-21-17-33-25-13-12-23(16-24(21)25)39-18-19-6-4-3-5-7-19/h3-13,16-17,26,33H,14-15,18H2,1-2H3. The first-order valence-corrected chi connectivity index (χ1v) is 12.5. The molecule has 5 rings (SSSR count). The molecule has 39 heavy (non-hydrogen) atoms. The van der Waals surface area contributed by atoms with Crippen LogP contribution in [0.5, 0.6) is 5.75 Å². The Kier molecular flexibility index (Phi) is 7.23. The number of fused-ring (bicyclic) bond motifs is 1. The second-order valence-corrected chi connectivity index (χ2v) is 9.33. The van der Waals surface area contributed by atoms with Crippen LogP contribution < -0.4 is 4.74 Å². The van der Waals surface area contributed by atoms with Crippen molar-refractivity contribution in [1.29, 1.82) is 0 Å². The number of hydrogen-bond donors (Lipinski definition) is 1. The molecule has 4 aromatic rings. The maximum atomic E-state index is 13.6. The predicted molar refractivity (Wildman–Crippen MR) is 145 cm³/mol. The first kappa shape index (κ1) is 25.8. The molecule has 9 heteroatoms. The van der Waals surface area contributed by atoms with Crippen molar-refractivity contribution in [3.63, 3.8) is 0 Å². The number of nitrogens with one attached hydrogen (secondary N) is 1. The second-order valence-electron chi connectivity index (χ2n) is 9.33. The fourth-order valence-electron chi connectivity index (χ4n) is 4.60. The Labute approximate surface area is 224 Å². The number of benzene rings is 3. The van der Waals surface area contributed by atoms with Crippen LogP contribution in [0.3, 0.4) is 0 Å². The fraction of sp³-hybridized carbons (Fsp3) is 0.200. The van der Waals surface area contributed by atoms with E-state index in [1.807, 2.05) is 54.7 Å². The number of nitrogens with zero attached hydrogens (tertiary/aromatic N) is 3. The molecule has 2 heterocycles. The summed E-state index contributed by atoms with van der Waals surface area (Å²) in [5.41, 5.74) is 3.64. The SMILES string of the molecule is CN1C(=O)C(C(=NCCc2c[nH]c3ccc(OCc4ccccc4)cc23)c2ccc(F)cc2)C(=O)N(C)C1=O. The van der Waals surface area contributed by atoms with Gasteiger partial charge in [0.1, 0.15) is 18.2 Å². The van der Waals surface area contributed by atoms with Gasteiger partial charge in [0.2, 0.25) is 11.8 Å². The first-order valence-electron chi connectivity index (χ1n) is 12.5. The van der Waals surface area contributed by atoms with Gasteiger partial charge in [0.05, 0.1) is 5.71 Å². The van der Waals surface area contributed by atoms with Crippen molar-refractivity contribution in [1.82, 2.24) is 14.8 Å². The van der Waals surface area contributed by atoms with Crippen LogP contribution >= 0.6 is 0 Å². The van der Waals surface area contributed by atoms with Crippen LogP contribution in [0.1, 0.15) is 16.7 Å². The zero-order valence-corrected chi connectivity index (χ0v) is 21.6. The van der Waals surface area contributed by atoms with Crippen molar-refractivity contribution in [2.75, 3.05) is 20.6 Å². The number of carbonyl (C=O) groups is 3. The maximum Gasteiger partial charge on any atom is 0.332 e. The van der Waals surface area contributed by atoms with E-state index in [4.69, 9.17) is 4.74 Å². The van der Waals surface area contributed by atoms with Gasteiger partial charge < -0.3 is 9.72 Å². The summed E-state index contributed by atoms with van der Waals surface area (Å²) in [5, 5.41) is 0.981. The van der Waals surface area contributed by atoms with Crippen molar-refractivity contribution in [2.45, 2.75) is 13.0 Å². The topological polar surface area (TPSA) is 95.1 Å². The lowest BCUT2D eigenvalue weighted by atomic mass is 9.92. The number of aromatic nitrogens is 1. The van der Waals surface area contributed by atoms with E-state index < -0.39 is 29.6 Å². The number of aliphatic imine (C=N–C) groups is 1. The molecule has 1 fully saturated rings. The lowest BCUT2D eigenvalue weighted by molar-refractivity contribution is -0.144. The average Bonchev–Trinajstić information content (AvgIpc) is 3.36. The number of barbiturate groups is 1. The summed E-state index contributed by atoms with van der Waals surface area (Å²) >= 11 is 0. The molecule has 3 aromatic carbocycles. The molecular weight excluding hydrogens is 499 g/mol. The number of imide groups is 2. The van der Waals surface area contributed by atoms with Crippen LogP contribution in [0.2, 0.25) is 0 Å². The Morgan fingerprint density at radius 3 is 2.33 bits per heavy atom. The highest BCUT2D eigenvalue weighted by Gasteiger charge is 2.45. The van der Waals surface area contributed by atoms with Gasteiger partial charge in [0, 0.05) is 37.7 Å². The van der Waals surface area contributed by atoms with Crippen molar-refractivity contribution in [3.8, 4) is 5.75 Å². The molecule has 0 spiro atoms. The molecule has 4 amide bonds. The fourth-order valence-corrected chi connectivity index (χ4v) is 4.60. The molecule has 8 nitrogen and oxygen atoms in total. The van der Waals surface area contributed by atoms with Gasteiger partial charge in [0.15, 0.2) is 5.92 Å². The molecule has 1 N–H and O–H groups in total. The third-order valence-corrected chi connectivity index (χ3v) is 6.79. The number of urea groups is 1. The highest BCUT2D eigenvalue weighted by molar-refractivity contribution is 6.30. The molecule has 1 saturated heterocycles. The third-order valence-electron chi connectivity index (χ3n) is 6.79. The zero-order valence-electron chi connectivity index (χ0n) is 21.6. The van der Waals surface area contributed by atoms with Crippen molar-refractivity contribution in [3.05, 3.63) is 102 Å². The van der Waals surface area contributed by atoms with Crippen LogP contribution in [0, 0.1) is 11.7 Å². The van der Waals surface area contributed by atoms with E-state index in [-0.39, 0.29) is 12.3 Å².